The predicted molar refractivity (Wildman–Crippen MR) is 81.9 cm³/mol. The van der Waals surface area contributed by atoms with E-state index in [1.165, 1.54) is 13.1 Å². The summed E-state index contributed by atoms with van der Waals surface area (Å²) in [6.45, 7) is 0.230. The molecule has 5 nitrogen and oxygen atoms in total. The van der Waals surface area contributed by atoms with Gasteiger partial charge in [-0.2, -0.15) is 17.5 Å². The molecular formula is C13H14F3N3O2S2. The summed E-state index contributed by atoms with van der Waals surface area (Å²) >= 11 is 1.11. The molecule has 0 aliphatic heterocycles. The predicted octanol–water partition coefficient (Wildman–Crippen LogP) is 2.89. The number of pyridine rings is 1. The van der Waals surface area contributed by atoms with Gasteiger partial charge in [0.05, 0.1) is 5.56 Å². The summed E-state index contributed by atoms with van der Waals surface area (Å²) < 4.78 is 63.5. The zero-order chi connectivity index (χ0) is 17.1. The van der Waals surface area contributed by atoms with Crippen LogP contribution in [0.2, 0.25) is 0 Å². The molecule has 1 N–H and O–H groups in total. The molecule has 126 valence electrons. The van der Waals surface area contributed by atoms with Crippen molar-refractivity contribution in [3.05, 3.63) is 41.4 Å². The van der Waals surface area contributed by atoms with Gasteiger partial charge in [0, 0.05) is 26.3 Å². The van der Waals surface area contributed by atoms with Crippen LogP contribution in [0.15, 0.2) is 40.1 Å². The Kier molecular flexibility index (Phi) is 5.27. The first kappa shape index (κ1) is 17.7. The summed E-state index contributed by atoms with van der Waals surface area (Å²) in [5.41, 5.74) is -0.811. The van der Waals surface area contributed by atoms with Crippen molar-refractivity contribution in [2.75, 3.05) is 25.5 Å². The molecule has 2 rings (SSSR count). The summed E-state index contributed by atoms with van der Waals surface area (Å²) in [4.78, 5) is 3.78. The summed E-state index contributed by atoms with van der Waals surface area (Å²) in [6, 6.07) is 4.89. The fourth-order valence-electron chi connectivity index (χ4n) is 1.73. The lowest BCUT2D eigenvalue weighted by molar-refractivity contribution is -0.137. The molecule has 10 heteroatoms. The van der Waals surface area contributed by atoms with Crippen LogP contribution in [-0.2, 0) is 16.2 Å². The molecular weight excluding hydrogens is 351 g/mol. The van der Waals surface area contributed by atoms with Gasteiger partial charge >= 0.3 is 6.18 Å². The van der Waals surface area contributed by atoms with Crippen LogP contribution in [0.25, 0.3) is 0 Å². The SMILES string of the molecule is CN(CCNc1cc(C(F)(F)F)ccn1)S(=O)(=O)c1cccs1. The van der Waals surface area contributed by atoms with E-state index in [1.54, 1.807) is 11.4 Å². The minimum absolute atomic E-state index is 0.0433. The van der Waals surface area contributed by atoms with Crippen LogP contribution < -0.4 is 5.32 Å². The molecule has 23 heavy (non-hydrogen) atoms. The van der Waals surface area contributed by atoms with Crippen molar-refractivity contribution in [1.82, 2.24) is 9.29 Å². The molecule has 0 aliphatic carbocycles. The number of anilines is 1. The number of nitrogens with one attached hydrogen (secondary N) is 1. The first-order chi connectivity index (χ1) is 10.7. The van der Waals surface area contributed by atoms with Crippen LogP contribution in [0.1, 0.15) is 5.56 Å². The van der Waals surface area contributed by atoms with Crippen LogP contribution in [0.3, 0.4) is 0 Å². The van der Waals surface area contributed by atoms with Crippen LogP contribution in [-0.4, -0.2) is 37.8 Å². The molecule has 2 aromatic heterocycles. The zero-order valence-corrected chi connectivity index (χ0v) is 13.7. The van der Waals surface area contributed by atoms with Crippen LogP contribution in [0, 0.1) is 0 Å². The molecule has 0 spiro atoms. The second-order valence-electron chi connectivity index (χ2n) is 4.61. The number of aromatic nitrogens is 1. The first-order valence-corrected chi connectivity index (χ1v) is 8.80. The lowest BCUT2D eigenvalue weighted by Crippen LogP contribution is -2.31. The van der Waals surface area contributed by atoms with Crippen molar-refractivity contribution in [3.63, 3.8) is 0 Å². The van der Waals surface area contributed by atoms with Gasteiger partial charge in [-0.1, -0.05) is 6.07 Å². The Hall–Kier alpha value is -1.65. The summed E-state index contributed by atoms with van der Waals surface area (Å²) in [5, 5.41) is 4.35. The highest BCUT2D eigenvalue weighted by Crippen LogP contribution is 2.29. The van der Waals surface area contributed by atoms with E-state index in [9.17, 15) is 21.6 Å². The molecule has 0 aromatic carbocycles. The highest BCUT2D eigenvalue weighted by molar-refractivity contribution is 7.91. The number of hydrogen-bond acceptors (Lipinski definition) is 5. The smallest absolute Gasteiger partial charge is 0.369 e. The van der Waals surface area contributed by atoms with Crippen LogP contribution in [0.4, 0.5) is 19.0 Å². The third-order valence-electron chi connectivity index (χ3n) is 2.98. The number of thiophene rings is 1. The number of likely N-dealkylation sites (N-methyl/N-ethyl adjacent to an activating group) is 1. The van der Waals surface area contributed by atoms with Gasteiger partial charge < -0.3 is 5.32 Å². The fraction of sp³-hybridized carbons (Fsp3) is 0.308. The fourth-order valence-corrected chi connectivity index (χ4v) is 4.10. The van der Waals surface area contributed by atoms with Crippen molar-refractivity contribution in [1.29, 1.82) is 0 Å². The summed E-state index contributed by atoms with van der Waals surface area (Å²) in [5.74, 6) is 0.0433. The number of nitrogens with zero attached hydrogens (tertiary/aromatic N) is 2. The maximum absolute atomic E-state index is 12.6. The van der Waals surface area contributed by atoms with Gasteiger partial charge in [-0.15, -0.1) is 11.3 Å². The molecule has 0 unspecified atom stereocenters. The van der Waals surface area contributed by atoms with Gasteiger partial charge in [0.1, 0.15) is 10.0 Å². The molecule has 0 radical (unpaired) electrons. The van der Waals surface area contributed by atoms with E-state index in [0.29, 0.717) is 0 Å². The minimum atomic E-state index is -4.45. The van der Waals surface area contributed by atoms with Crippen LogP contribution in [0.5, 0.6) is 0 Å². The molecule has 0 fully saturated rings. The standard InChI is InChI=1S/C13H14F3N3O2S2/c1-19(23(20,21)12-3-2-8-22-12)7-6-18-11-9-10(4-5-17-11)13(14,15)16/h2-5,8-9H,6-7H2,1H3,(H,17,18). The van der Waals surface area contributed by atoms with E-state index >= 15 is 0 Å². The molecule has 2 heterocycles. The Bertz CT molecular complexity index is 746. The maximum Gasteiger partial charge on any atom is 0.416 e. The Morgan fingerprint density at radius 3 is 2.70 bits per heavy atom. The molecule has 0 amide bonds. The Balaban J connectivity index is 1.95. The van der Waals surface area contributed by atoms with E-state index in [1.807, 2.05) is 0 Å². The average molecular weight is 365 g/mol. The second kappa shape index (κ2) is 6.85. The van der Waals surface area contributed by atoms with E-state index in [4.69, 9.17) is 0 Å². The monoisotopic (exact) mass is 365 g/mol. The topological polar surface area (TPSA) is 62.3 Å². The number of rotatable bonds is 6. The van der Waals surface area contributed by atoms with Gasteiger partial charge in [0.2, 0.25) is 0 Å². The van der Waals surface area contributed by atoms with Gasteiger partial charge in [-0.05, 0) is 23.6 Å². The zero-order valence-electron chi connectivity index (χ0n) is 12.0. The Morgan fingerprint density at radius 1 is 1.35 bits per heavy atom. The average Bonchev–Trinajstić information content (AvgIpc) is 3.01. The molecule has 0 aliphatic rings. The quantitative estimate of drug-likeness (QED) is 0.855. The van der Waals surface area contributed by atoms with E-state index in [-0.39, 0.29) is 23.1 Å². The van der Waals surface area contributed by atoms with E-state index in [2.05, 4.69) is 10.3 Å². The lowest BCUT2D eigenvalue weighted by Gasteiger charge is -2.16. The lowest BCUT2D eigenvalue weighted by atomic mass is 10.2. The highest BCUT2D eigenvalue weighted by Gasteiger charge is 2.30. The number of sulfonamides is 1. The molecule has 0 saturated heterocycles. The number of halogens is 3. The second-order valence-corrected chi connectivity index (χ2v) is 7.83. The largest absolute Gasteiger partial charge is 0.416 e. The number of hydrogen-bond donors (Lipinski definition) is 1. The third-order valence-corrected chi connectivity index (χ3v) is 6.21. The normalized spacial score (nSPS) is 12.6. The van der Waals surface area contributed by atoms with Crippen molar-refractivity contribution in [2.45, 2.75) is 10.4 Å². The molecule has 0 saturated carbocycles. The summed E-state index contributed by atoms with van der Waals surface area (Å²) in [7, 11) is -2.16. The maximum atomic E-state index is 12.6. The Morgan fingerprint density at radius 2 is 2.09 bits per heavy atom. The van der Waals surface area contributed by atoms with Crippen molar-refractivity contribution < 1.29 is 21.6 Å². The summed E-state index contributed by atoms with van der Waals surface area (Å²) in [6.07, 6.45) is -3.39. The first-order valence-electron chi connectivity index (χ1n) is 6.48. The molecule has 0 atom stereocenters. The van der Waals surface area contributed by atoms with E-state index < -0.39 is 21.8 Å². The van der Waals surface area contributed by atoms with Crippen molar-refractivity contribution in [3.8, 4) is 0 Å². The molecule has 2 aromatic rings. The van der Waals surface area contributed by atoms with Crippen molar-refractivity contribution >= 4 is 27.2 Å². The van der Waals surface area contributed by atoms with Crippen LogP contribution >= 0.6 is 11.3 Å². The number of alkyl halides is 3. The third kappa shape index (κ3) is 4.43. The van der Waals surface area contributed by atoms with Gasteiger partial charge in [-0.3, -0.25) is 0 Å². The highest BCUT2D eigenvalue weighted by atomic mass is 32.2. The minimum Gasteiger partial charge on any atom is -0.369 e. The van der Waals surface area contributed by atoms with Gasteiger partial charge in [0.15, 0.2) is 0 Å². The molecule has 0 bridgehead atoms. The van der Waals surface area contributed by atoms with E-state index in [0.717, 1.165) is 34.0 Å². The Labute approximate surface area is 135 Å². The van der Waals surface area contributed by atoms with Crippen molar-refractivity contribution in [2.24, 2.45) is 0 Å². The van der Waals surface area contributed by atoms with Gasteiger partial charge in [-0.25, -0.2) is 13.4 Å². The van der Waals surface area contributed by atoms with Gasteiger partial charge in [0.25, 0.3) is 10.0 Å².